The Balaban J connectivity index is 1.82. The maximum absolute atomic E-state index is 12.1. The number of aliphatic carboxylic acids is 1. The maximum Gasteiger partial charge on any atom is 0.303 e. The van der Waals surface area contributed by atoms with Crippen LogP contribution in [0.25, 0.3) is 0 Å². The van der Waals surface area contributed by atoms with Gasteiger partial charge in [-0.15, -0.1) is 0 Å². The molecule has 2 rings (SSSR count). The van der Waals surface area contributed by atoms with Crippen LogP contribution in [0.1, 0.15) is 19.3 Å². The van der Waals surface area contributed by atoms with Crippen LogP contribution in [0.3, 0.4) is 0 Å². The molecule has 1 aromatic carbocycles. The van der Waals surface area contributed by atoms with Crippen molar-refractivity contribution in [1.82, 2.24) is 4.90 Å². The average molecular weight is 356 g/mol. The van der Waals surface area contributed by atoms with E-state index in [0.29, 0.717) is 18.8 Å². The molecule has 0 spiro atoms. The van der Waals surface area contributed by atoms with E-state index in [4.69, 9.17) is 9.84 Å². The molecule has 1 aliphatic heterocycles. The van der Waals surface area contributed by atoms with Gasteiger partial charge in [-0.2, -0.15) is 0 Å². The van der Waals surface area contributed by atoms with E-state index in [2.05, 4.69) is 15.9 Å². The van der Waals surface area contributed by atoms with Crippen molar-refractivity contribution in [3.63, 3.8) is 0 Å². The zero-order chi connectivity index (χ0) is 15.2. The van der Waals surface area contributed by atoms with Crippen molar-refractivity contribution in [3.8, 4) is 5.75 Å². The van der Waals surface area contributed by atoms with Gasteiger partial charge >= 0.3 is 5.97 Å². The van der Waals surface area contributed by atoms with E-state index in [0.717, 1.165) is 17.3 Å². The second kappa shape index (κ2) is 7.45. The topological polar surface area (TPSA) is 66.8 Å². The van der Waals surface area contributed by atoms with E-state index in [1.165, 1.54) is 0 Å². The van der Waals surface area contributed by atoms with E-state index in [9.17, 15) is 9.59 Å². The molecule has 1 atom stereocenters. The van der Waals surface area contributed by atoms with Crippen LogP contribution in [-0.4, -0.2) is 41.6 Å². The molecule has 1 unspecified atom stereocenters. The Labute approximate surface area is 132 Å². The number of likely N-dealkylation sites (tertiary alicyclic amines) is 1. The van der Waals surface area contributed by atoms with Crippen LogP contribution in [0.5, 0.6) is 5.75 Å². The molecule has 21 heavy (non-hydrogen) atoms. The number of piperidine rings is 1. The second-order valence-electron chi connectivity index (χ2n) is 5.19. The molecule has 1 amide bonds. The lowest BCUT2D eigenvalue weighted by Gasteiger charge is -2.32. The number of hydrogen-bond donors (Lipinski definition) is 1. The smallest absolute Gasteiger partial charge is 0.303 e. The number of benzene rings is 1. The molecule has 1 aliphatic rings. The number of nitrogens with zero attached hydrogens (tertiary/aromatic N) is 1. The number of carboxylic acids is 1. The second-order valence-corrected chi connectivity index (χ2v) is 6.10. The predicted octanol–water partition coefficient (Wildman–Crippen LogP) is 2.54. The fraction of sp³-hybridized carbons (Fsp3) is 0.467. The van der Waals surface area contributed by atoms with Gasteiger partial charge in [-0.25, -0.2) is 0 Å². The van der Waals surface area contributed by atoms with E-state index in [1.807, 2.05) is 12.1 Å². The molecule has 1 heterocycles. The fourth-order valence-corrected chi connectivity index (χ4v) is 2.74. The van der Waals surface area contributed by atoms with Crippen LogP contribution in [0, 0.1) is 5.92 Å². The summed E-state index contributed by atoms with van der Waals surface area (Å²) in [5.74, 6) is -0.202. The first-order chi connectivity index (χ1) is 10.0. The van der Waals surface area contributed by atoms with Crippen LogP contribution in [0.2, 0.25) is 0 Å². The largest absolute Gasteiger partial charge is 0.484 e. The van der Waals surface area contributed by atoms with Gasteiger partial charge < -0.3 is 14.7 Å². The van der Waals surface area contributed by atoms with Crippen LogP contribution >= 0.6 is 15.9 Å². The van der Waals surface area contributed by atoms with Crippen molar-refractivity contribution in [2.45, 2.75) is 19.3 Å². The standard InChI is InChI=1S/C15H18BrNO4/c16-12-3-5-13(6-4-12)21-10-14(18)17-7-1-2-11(9-17)8-15(19)20/h3-6,11H,1-2,7-10H2,(H,19,20). The first-order valence-corrected chi connectivity index (χ1v) is 7.72. The number of hydrogen-bond acceptors (Lipinski definition) is 3. The molecule has 0 radical (unpaired) electrons. The maximum atomic E-state index is 12.1. The van der Waals surface area contributed by atoms with Gasteiger partial charge in [0.05, 0.1) is 0 Å². The van der Waals surface area contributed by atoms with Gasteiger partial charge in [0.2, 0.25) is 0 Å². The summed E-state index contributed by atoms with van der Waals surface area (Å²) >= 11 is 3.34. The number of amides is 1. The van der Waals surface area contributed by atoms with E-state index in [1.54, 1.807) is 17.0 Å². The van der Waals surface area contributed by atoms with Crippen molar-refractivity contribution in [2.75, 3.05) is 19.7 Å². The molecule has 114 valence electrons. The van der Waals surface area contributed by atoms with Gasteiger partial charge in [-0.05, 0) is 43.0 Å². The SMILES string of the molecule is O=C(O)CC1CCCN(C(=O)COc2ccc(Br)cc2)C1. The molecule has 5 nitrogen and oxygen atoms in total. The number of ether oxygens (including phenoxy) is 1. The summed E-state index contributed by atoms with van der Waals surface area (Å²) in [5, 5.41) is 8.83. The molecule has 6 heteroatoms. The lowest BCUT2D eigenvalue weighted by molar-refractivity contribution is -0.141. The summed E-state index contributed by atoms with van der Waals surface area (Å²) in [6, 6.07) is 7.29. The molecule has 0 aromatic heterocycles. The summed E-state index contributed by atoms with van der Waals surface area (Å²) in [7, 11) is 0. The Hall–Kier alpha value is -1.56. The molecule has 1 fully saturated rings. The summed E-state index contributed by atoms with van der Waals surface area (Å²) in [6.07, 6.45) is 1.84. The van der Waals surface area contributed by atoms with Gasteiger partial charge in [0, 0.05) is 24.0 Å². The van der Waals surface area contributed by atoms with Crippen LogP contribution in [0.4, 0.5) is 0 Å². The molecule has 0 saturated carbocycles. The molecule has 1 aromatic rings. The minimum atomic E-state index is -0.805. The first-order valence-electron chi connectivity index (χ1n) is 6.92. The van der Waals surface area contributed by atoms with Crippen molar-refractivity contribution in [2.24, 2.45) is 5.92 Å². The molecule has 1 saturated heterocycles. The zero-order valence-electron chi connectivity index (χ0n) is 11.6. The normalized spacial score (nSPS) is 18.3. The molecule has 1 N–H and O–H groups in total. The third-order valence-electron chi connectivity index (χ3n) is 3.51. The molecule has 0 bridgehead atoms. The highest BCUT2D eigenvalue weighted by Crippen LogP contribution is 2.20. The highest BCUT2D eigenvalue weighted by molar-refractivity contribution is 9.10. The molecular weight excluding hydrogens is 338 g/mol. The Morgan fingerprint density at radius 1 is 1.33 bits per heavy atom. The Bertz CT molecular complexity index is 503. The number of halogens is 1. The lowest BCUT2D eigenvalue weighted by atomic mass is 9.95. The lowest BCUT2D eigenvalue weighted by Crippen LogP contribution is -2.42. The third-order valence-corrected chi connectivity index (χ3v) is 4.04. The highest BCUT2D eigenvalue weighted by atomic mass is 79.9. The summed E-state index contributed by atoms with van der Waals surface area (Å²) in [4.78, 5) is 24.6. The highest BCUT2D eigenvalue weighted by Gasteiger charge is 2.25. The van der Waals surface area contributed by atoms with Crippen molar-refractivity contribution >= 4 is 27.8 Å². The van der Waals surface area contributed by atoms with E-state index < -0.39 is 5.97 Å². The monoisotopic (exact) mass is 355 g/mol. The van der Waals surface area contributed by atoms with Gasteiger partial charge in [0.25, 0.3) is 5.91 Å². The third kappa shape index (κ3) is 5.04. The first kappa shape index (κ1) is 15.8. The fourth-order valence-electron chi connectivity index (χ4n) is 2.47. The van der Waals surface area contributed by atoms with Crippen LogP contribution in [-0.2, 0) is 9.59 Å². The van der Waals surface area contributed by atoms with Gasteiger partial charge in [0.15, 0.2) is 6.61 Å². The minimum absolute atomic E-state index is 0.0125. The van der Waals surface area contributed by atoms with Crippen molar-refractivity contribution in [3.05, 3.63) is 28.7 Å². The minimum Gasteiger partial charge on any atom is -0.484 e. The number of carbonyl (C=O) groups is 2. The average Bonchev–Trinajstić information content (AvgIpc) is 2.46. The quantitative estimate of drug-likeness (QED) is 0.881. The summed E-state index contributed by atoms with van der Waals surface area (Å²) < 4.78 is 6.42. The number of carbonyl (C=O) groups excluding carboxylic acids is 1. The van der Waals surface area contributed by atoms with Crippen molar-refractivity contribution < 1.29 is 19.4 Å². The van der Waals surface area contributed by atoms with E-state index in [-0.39, 0.29) is 24.9 Å². The van der Waals surface area contributed by atoms with Crippen molar-refractivity contribution in [1.29, 1.82) is 0 Å². The number of rotatable bonds is 5. The number of carboxylic acid groups (broad SMARTS) is 1. The zero-order valence-corrected chi connectivity index (χ0v) is 13.2. The van der Waals surface area contributed by atoms with Gasteiger partial charge in [-0.3, -0.25) is 9.59 Å². The van der Waals surface area contributed by atoms with Crippen LogP contribution in [0.15, 0.2) is 28.7 Å². The Morgan fingerprint density at radius 2 is 2.05 bits per heavy atom. The predicted molar refractivity (Wildman–Crippen MR) is 81.2 cm³/mol. The molecule has 0 aliphatic carbocycles. The summed E-state index contributed by atoms with van der Waals surface area (Å²) in [6.45, 7) is 1.18. The Kier molecular flexibility index (Phi) is 5.61. The van der Waals surface area contributed by atoms with E-state index >= 15 is 0 Å². The molecular formula is C15H18BrNO4. The van der Waals surface area contributed by atoms with Gasteiger partial charge in [0.1, 0.15) is 5.75 Å². The Morgan fingerprint density at radius 3 is 2.71 bits per heavy atom. The summed E-state index contributed by atoms with van der Waals surface area (Å²) in [5.41, 5.74) is 0. The van der Waals surface area contributed by atoms with Gasteiger partial charge in [-0.1, -0.05) is 15.9 Å². The van der Waals surface area contributed by atoms with Crippen LogP contribution < -0.4 is 4.74 Å².